The molecule has 1 aliphatic rings. The summed E-state index contributed by atoms with van der Waals surface area (Å²) in [5.41, 5.74) is 0. The van der Waals surface area contributed by atoms with Crippen LogP contribution < -0.4 is 0 Å². The van der Waals surface area contributed by atoms with Gasteiger partial charge in [-0.25, -0.2) is 0 Å². The molecule has 2 unspecified atom stereocenters. The molecule has 0 N–H and O–H groups in total. The van der Waals surface area contributed by atoms with Crippen LogP contribution in [-0.2, 0) is 0 Å². The van der Waals surface area contributed by atoms with Crippen LogP contribution in [0.2, 0.25) is 0 Å². The van der Waals surface area contributed by atoms with Crippen LogP contribution in [0.25, 0.3) is 0 Å². The third-order valence-electron chi connectivity index (χ3n) is 3.18. The first kappa shape index (κ1) is 9.57. The lowest BCUT2D eigenvalue weighted by Gasteiger charge is -2.47. The molecule has 0 nitrogen and oxygen atoms in total. The van der Waals surface area contributed by atoms with Gasteiger partial charge in [-0.2, -0.15) is 0 Å². The Morgan fingerprint density at radius 2 is 1.82 bits per heavy atom. The van der Waals surface area contributed by atoms with Gasteiger partial charge in [0.05, 0.1) is 0 Å². The van der Waals surface area contributed by atoms with Crippen LogP contribution in [0.3, 0.4) is 0 Å². The summed E-state index contributed by atoms with van der Waals surface area (Å²) in [6.45, 7) is 9.36. The zero-order valence-electron chi connectivity index (χ0n) is 7.97. The molecule has 1 fully saturated rings. The van der Waals surface area contributed by atoms with Crippen LogP contribution >= 0.6 is 15.9 Å². The molecule has 0 saturated heterocycles. The average molecular weight is 219 g/mol. The molecule has 0 radical (unpaired) electrons. The van der Waals surface area contributed by atoms with Crippen molar-refractivity contribution in [2.75, 3.05) is 0 Å². The number of rotatable bonds is 2. The molecule has 0 aliphatic heterocycles. The Labute approximate surface area is 78.9 Å². The molecule has 0 bridgehead atoms. The highest BCUT2D eigenvalue weighted by Crippen LogP contribution is 2.47. The summed E-state index contributed by atoms with van der Waals surface area (Å²) in [4.78, 5) is 0.707. The van der Waals surface area contributed by atoms with Crippen molar-refractivity contribution < 1.29 is 0 Å². The molecule has 0 spiro atoms. The molecule has 1 aliphatic carbocycles. The smallest absolute Gasteiger partial charge is 0.0151 e. The molecule has 4 atom stereocenters. The van der Waals surface area contributed by atoms with Crippen molar-refractivity contribution in [1.82, 2.24) is 0 Å². The summed E-state index contributed by atoms with van der Waals surface area (Å²) >= 11 is 3.70. The second-order valence-corrected chi connectivity index (χ2v) is 5.82. The summed E-state index contributed by atoms with van der Waals surface area (Å²) in [6, 6.07) is 0. The first-order valence-electron chi connectivity index (χ1n) is 4.68. The molecule has 1 rings (SSSR count). The van der Waals surface area contributed by atoms with Crippen LogP contribution in [0, 0.1) is 23.7 Å². The van der Waals surface area contributed by atoms with Gasteiger partial charge in [-0.1, -0.05) is 43.6 Å². The molecular weight excluding hydrogens is 200 g/mol. The molecule has 0 aromatic carbocycles. The maximum Gasteiger partial charge on any atom is 0.0151 e. The van der Waals surface area contributed by atoms with E-state index in [4.69, 9.17) is 0 Å². The lowest BCUT2D eigenvalue weighted by molar-refractivity contribution is 0.0498. The monoisotopic (exact) mass is 218 g/mol. The van der Waals surface area contributed by atoms with Gasteiger partial charge in [0.2, 0.25) is 0 Å². The molecule has 1 saturated carbocycles. The Hall–Kier alpha value is 0.480. The Kier molecular flexibility index (Phi) is 3.02. The van der Waals surface area contributed by atoms with Gasteiger partial charge in [0.15, 0.2) is 0 Å². The zero-order valence-corrected chi connectivity index (χ0v) is 9.56. The van der Waals surface area contributed by atoms with Gasteiger partial charge in [-0.15, -0.1) is 0 Å². The number of alkyl halides is 1. The normalized spacial score (nSPS) is 40.4. The minimum absolute atomic E-state index is 0.707. The molecule has 0 heterocycles. The van der Waals surface area contributed by atoms with Crippen molar-refractivity contribution in [3.63, 3.8) is 0 Å². The van der Waals surface area contributed by atoms with E-state index >= 15 is 0 Å². The molecule has 11 heavy (non-hydrogen) atoms. The summed E-state index contributed by atoms with van der Waals surface area (Å²) < 4.78 is 0. The van der Waals surface area contributed by atoms with Crippen LogP contribution in [0.5, 0.6) is 0 Å². The Morgan fingerprint density at radius 3 is 2.00 bits per heavy atom. The van der Waals surface area contributed by atoms with Crippen molar-refractivity contribution in [3.8, 4) is 0 Å². The van der Waals surface area contributed by atoms with Gasteiger partial charge < -0.3 is 0 Å². The van der Waals surface area contributed by atoms with Gasteiger partial charge in [-0.05, 0) is 30.1 Å². The summed E-state index contributed by atoms with van der Waals surface area (Å²) in [6.07, 6.45) is 1.44. The minimum atomic E-state index is 0.707. The minimum Gasteiger partial charge on any atom is -0.0890 e. The lowest BCUT2D eigenvalue weighted by atomic mass is 9.60. The van der Waals surface area contributed by atoms with E-state index in [0.717, 1.165) is 23.7 Å². The summed E-state index contributed by atoms with van der Waals surface area (Å²) in [7, 11) is 0. The predicted molar refractivity (Wildman–Crippen MR) is 54.0 cm³/mol. The van der Waals surface area contributed by atoms with Gasteiger partial charge in [-0.3, -0.25) is 0 Å². The highest BCUT2D eigenvalue weighted by atomic mass is 79.9. The van der Waals surface area contributed by atoms with Gasteiger partial charge in [0.25, 0.3) is 0 Å². The number of hydrogen-bond acceptors (Lipinski definition) is 0. The molecular formula is C10H19Br. The van der Waals surface area contributed by atoms with E-state index in [0.29, 0.717) is 4.83 Å². The highest BCUT2D eigenvalue weighted by molar-refractivity contribution is 9.09. The second-order valence-electron chi connectivity index (χ2n) is 4.38. The van der Waals surface area contributed by atoms with E-state index in [9.17, 15) is 0 Å². The summed E-state index contributed by atoms with van der Waals surface area (Å²) in [5, 5.41) is 0. The third kappa shape index (κ3) is 1.80. The number of hydrogen-bond donors (Lipinski definition) is 0. The highest BCUT2D eigenvalue weighted by Gasteiger charge is 2.41. The van der Waals surface area contributed by atoms with Crippen molar-refractivity contribution >= 4 is 15.9 Å². The van der Waals surface area contributed by atoms with E-state index in [1.54, 1.807) is 0 Å². The maximum absolute atomic E-state index is 3.70. The van der Waals surface area contributed by atoms with Crippen molar-refractivity contribution in [2.24, 2.45) is 23.7 Å². The van der Waals surface area contributed by atoms with Gasteiger partial charge >= 0.3 is 0 Å². The van der Waals surface area contributed by atoms with E-state index in [1.165, 1.54) is 6.42 Å². The molecule has 1 heteroatoms. The first-order chi connectivity index (χ1) is 5.04. The lowest BCUT2D eigenvalue weighted by Crippen LogP contribution is -2.42. The van der Waals surface area contributed by atoms with Crippen LogP contribution in [-0.4, -0.2) is 4.83 Å². The topological polar surface area (TPSA) is 0 Å². The van der Waals surface area contributed by atoms with E-state index in [2.05, 4.69) is 43.6 Å². The molecule has 0 amide bonds. The van der Waals surface area contributed by atoms with E-state index in [1.807, 2.05) is 0 Å². The maximum atomic E-state index is 3.70. The largest absolute Gasteiger partial charge is 0.0890 e. The summed E-state index contributed by atoms with van der Waals surface area (Å²) in [5.74, 6) is 3.71. The van der Waals surface area contributed by atoms with Gasteiger partial charge in [0.1, 0.15) is 0 Å². The third-order valence-corrected chi connectivity index (χ3v) is 3.79. The van der Waals surface area contributed by atoms with Crippen LogP contribution in [0.4, 0.5) is 0 Å². The fraction of sp³-hybridized carbons (Fsp3) is 1.00. The van der Waals surface area contributed by atoms with Gasteiger partial charge in [0, 0.05) is 4.83 Å². The molecule has 0 aromatic heterocycles. The van der Waals surface area contributed by atoms with Crippen molar-refractivity contribution in [1.29, 1.82) is 0 Å². The average Bonchev–Trinajstić information content (AvgIpc) is 1.80. The fourth-order valence-electron chi connectivity index (χ4n) is 2.48. The Balaban J connectivity index is 2.48. The van der Waals surface area contributed by atoms with Crippen molar-refractivity contribution in [3.05, 3.63) is 0 Å². The standard InChI is InChI=1S/C10H19Br/c1-6(2)9-5-7(3)10(9)8(4)11/h6-10H,5H2,1-4H3/t7?,8-,9?,10+/m0/s1. The zero-order chi connectivity index (χ0) is 8.59. The Bertz CT molecular complexity index is 124. The van der Waals surface area contributed by atoms with E-state index < -0.39 is 0 Å². The molecule has 0 aromatic rings. The quantitative estimate of drug-likeness (QED) is 0.621. The SMILES string of the molecule is CC(C)C1CC(C)[C@@H]1[C@H](C)Br. The molecule has 66 valence electrons. The predicted octanol–water partition coefficient (Wildman–Crippen LogP) is 3.70. The fourth-order valence-corrected chi connectivity index (χ4v) is 3.39. The first-order valence-corrected chi connectivity index (χ1v) is 5.59. The number of halogens is 1. The second kappa shape index (κ2) is 3.47. The van der Waals surface area contributed by atoms with E-state index in [-0.39, 0.29) is 0 Å². The van der Waals surface area contributed by atoms with Crippen LogP contribution in [0.15, 0.2) is 0 Å². The van der Waals surface area contributed by atoms with Crippen molar-refractivity contribution in [2.45, 2.75) is 38.9 Å². The van der Waals surface area contributed by atoms with Crippen LogP contribution in [0.1, 0.15) is 34.1 Å². The Morgan fingerprint density at radius 1 is 1.27 bits per heavy atom.